The van der Waals surface area contributed by atoms with E-state index in [0.29, 0.717) is 12.5 Å². The number of carbonyl (C=O) groups is 1. The number of benzene rings is 1. The zero-order valence-corrected chi connectivity index (χ0v) is 13.2. The number of aryl methyl sites for hydroxylation is 1. The van der Waals surface area contributed by atoms with Gasteiger partial charge in [-0.3, -0.25) is 9.69 Å². The molecule has 0 saturated carbocycles. The van der Waals surface area contributed by atoms with Crippen molar-refractivity contribution in [3.8, 4) is 0 Å². The Kier molecular flexibility index (Phi) is 6.21. The predicted octanol–water partition coefficient (Wildman–Crippen LogP) is 2.12. The van der Waals surface area contributed by atoms with Gasteiger partial charge in [0.1, 0.15) is 0 Å². The van der Waals surface area contributed by atoms with E-state index in [9.17, 15) is 4.79 Å². The first-order valence-corrected chi connectivity index (χ1v) is 7.95. The summed E-state index contributed by atoms with van der Waals surface area (Å²) in [5, 5.41) is 6.38. The molecular formula is C17H27N3O. The molecule has 1 saturated heterocycles. The van der Waals surface area contributed by atoms with Crippen LogP contribution in [-0.4, -0.2) is 44.0 Å². The molecule has 1 aliphatic heterocycles. The number of carbonyl (C=O) groups excluding carboxylic acids is 1. The van der Waals surface area contributed by atoms with Crippen molar-refractivity contribution in [2.24, 2.45) is 5.92 Å². The second-order valence-corrected chi connectivity index (χ2v) is 6.01. The monoisotopic (exact) mass is 289 g/mol. The van der Waals surface area contributed by atoms with E-state index in [4.69, 9.17) is 0 Å². The highest BCUT2D eigenvalue weighted by Gasteiger charge is 2.16. The lowest BCUT2D eigenvalue weighted by Crippen LogP contribution is -2.39. The molecular weight excluding hydrogens is 262 g/mol. The van der Waals surface area contributed by atoms with Gasteiger partial charge in [0.2, 0.25) is 5.91 Å². The van der Waals surface area contributed by atoms with Crippen molar-refractivity contribution in [1.29, 1.82) is 0 Å². The topological polar surface area (TPSA) is 44.4 Å². The van der Waals surface area contributed by atoms with Crippen molar-refractivity contribution in [3.05, 3.63) is 29.8 Å². The van der Waals surface area contributed by atoms with Crippen molar-refractivity contribution in [2.75, 3.05) is 38.5 Å². The lowest BCUT2D eigenvalue weighted by Gasteiger charge is -2.27. The molecule has 1 unspecified atom stereocenters. The van der Waals surface area contributed by atoms with Gasteiger partial charge in [0.05, 0.1) is 6.54 Å². The summed E-state index contributed by atoms with van der Waals surface area (Å²) < 4.78 is 0. The van der Waals surface area contributed by atoms with Gasteiger partial charge in [-0.05, 0) is 63.0 Å². The van der Waals surface area contributed by atoms with Crippen LogP contribution in [-0.2, 0) is 11.2 Å². The molecule has 0 bridgehead atoms. The molecule has 1 aliphatic rings. The second kappa shape index (κ2) is 8.15. The molecule has 1 amide bonds. The lowest BCUT2D eigenvalue weighted by molar-refractivity contribution is -0.117. The molecule has 0 aliphatic carbocycles. The first kappa shape index (κ1) is 16.0. The lowest BCUT2D eigenvalue weighted by atomic mass is 9.99. The van der Waals surface area contributed by atoms with Gasteiger partial charge in [0.15, 0.2) is 0 Å². The van der Waals surface area contributed by atoms with Gasteiger partial charge < -0.3 is 10.6 Å². The van der Waals surface area contributed by atoms with Gasteiger partial charge in [0.25, 0.3) is 0 Å². The Bertz CT molecular complexity index is 438. The third kappa shape index (κ3) is 5.48. The van der Waals surface area contributed by atoms with Crippen LogP contribution in [0.25, 0.3) is 0 Å². The molecule has 0 aromatic heterocycles. The Labute approximate surface area is 127 Å². The SMILES string of the molecule is CCc1ccc(NC(=O)CN(C)CC2CCCNC2)cc1. The summed E-state index contributed by atoms with van der Waals surface area (Å²) in [4.78, 5) is 14.2. The summed E-state index contributed by atoms with van der Waals surface area (Å²) in [6.45, 7) is 5.77. The number of likely N-dealkylation sites (N-methyl/N-ethyl adjacent to an activating group) is 1. The average molecular weight is 289 g/mol. The molecule has 1 aromatic rings. The maximum absolute atomic E-state index is 12.1. The van der Waals surface area contributed by atoms with Crippen LogP contribution in [0.4, 0.5) is 5.69 Å². The number of nitrogens with zero attached hydrogens (tertiary/aromatic N) is 1. The molecule has 1 fully saturated rings. The molecule has 4 nitrogen and oxygen atoms in total. The molecule has 0 radical (unpaired) electrons. The number of hydrogen-bond acceptors (Lipinski definition) is 3. The van der Waals surface area contributed by atoms with Gasteiger partial charge in [-0.2, -0.15) is 0 Å². The van der Waals surface area contributed by atoms with Crippen molar-refractivity contribution < 1.29 is 4.79 Å². The molecule has 0 spiro atoms. The van der Waals surface area contributed by atoms with Crippen LogP contribution in [0.2, 0.25) is 0 Å². The summed E-state index contributed by atoms with van der Waals surface area (Å²) in [5.74, 6) is 0.728. The molecule has 1 atom stereocenters. The van der Waals surface area contributed by atoms with Crippen LogP contribution < -0.4 is 10.6 Å². The van der Waals surface area contributed by atoms with Crippen LogP contribution in [0.1, 0.15) is 25.3 Å². The minimum Gasteiger partial charge on any atom is -0.325 e. The summed E-state index contributed by atoms with van der Waals surface area (Å²) in [5.41, 5.74) is 2.17. The molecule has 1 heterocycles. The van der Waals surface area contributed by atoms with Crippen LogP contribution in [0.3, 0.4) is 0 Å². The van der Waals surface area contributed by atoms with E-state index >= 15 is 0 Å². The van der Waals surface area contributed by atoms with Gasteiger partial charge in [-0.15, -0.1) is 0 Å². The molecule has 21 heavy (non-hydrogen) atoms. The van der Waals surface area contributed by atoms with E-state index in [1.54, 1.807) is 0 Å². The number of nitrogens with one attached hydrogen (secondary N) is 2. The van der Waals surface area contributed by atoms with Crippen LogP contribution in [0.5, 0.6) is 0 Å². The van der Waals surface area contributed by atoms with Crippen molar-refractivity contribution in [3.63, 3.8) is 0 Å². The van der Waals surface area contributed by atoms with Gasteiger partial charge in [-0.1, -0.05) is 19.1 Å². The number of amides is 1. The van der Waals surface area contributed by atoms with E-state index in [1.165, 1.54) is 18.4 Å². The maximum Gasteiger partial charge on any atom is 0.238 e. The van der Waals surface area contributed by atoms with E-state index in [-0.39, 0.29) is 5.91 Å². The Hall–Kier alpha value is -1.39. The zero-order valence-electron chi connectivity index (χ0n) is 13.2. The highest BCUT2D eigenvalue weighted by atomic mass is 16.2. The third-order valence-corrected chi connectivity index (χ3v) is 4.03. The van der Waals surface area contributed by atoms with Crippen molar-refractivity contribution in [2.45, 2.75) is 26.2 Å². The second-order valence-electron chi connectivity index (χ2n) is 6.01. The molecule has 4 heteroatoms. The third-order valence-electron chi connectivity index (χ3n) is 4.03. The minimum absolute atomic E-state index is 0.0607. The molecule has 1 aromatic carbocycles. The number of rotatable bonds is 6. The minimum atomic E-state index is 0.0607. The van der Waals surface area contributed by atoms with Crippen molar-refractivity contribution >= 4 is 11.6 Å². The van der Waals surface area contributed by atoms with Crippen LogP contribution in [0.15, 0.2) is 24.3 Å². The Balaban J connectivity index is 1.74. The standard InChI is InChI=1S/C17H27N3O/c1-3-14-6-8-16(9-7-14)19-17(21)13-20(2)12-15-5-4-10-18-11-15/h6-9,15,18H,3-5,10-13H2,1-2H3,(H,19,21). The van der Waals surface area contributed by atoms with Crippen molar-refractivity contribution in [1.82, 2.24) is 10.2 Å². The molecule has 116 valence electrons. The Morgan fingerprint density at radius 2 is 2.14 bits per heavy atom. The van der Waals surface area contributed by atoms with E-state index in [0.717, 1.165) is 31.7 Å². The molecule has 2 N–H and O–H groups in total. The van der Waals surface area contributed by atoms with Gasteiger partial charge in [-0.25, -0.2) is 0 Å². The summed E-state index contributed by atoms with van der Waals surface area (Å²) in [7, 11) is 2.02. The smallest absolute Gasteiger partial charge is 0.238 e. The highest BCUT2D eigenvalue weighted by Crippen LogP contribution is 2.12. The van der Waals surface area contributed by atoms with Gasteiger partial charge >= 0.3 is 0 Å². The number of hydrogen-bond donors (Lipinski definition) is 2. The first-order valence-electron chi connectivity index (χ1n) is 7.95. The zero-order chi connectivity index (χ0) is 15.1. The van der Waals surface area contributed by atoms with Gasteiger partial charge in [0, 0.05) is 12.2 Å². The fourth-order valence-corrected chi connectivity index (χ4v) is 2.85. The highest BCUT2D eigenvalue weighted by molar-refractivity contribution is 5.92. The Morgan fingerprint density at radius 3 is 2.76 bits per heavy atom. The number of piperidine rings is 1. The summed E-state index contributed by atoms with van der Waals surface area (Å²) in [6, 6.07) is 8.07. The molecule has 2 rings (SSSR count). The fraction of sp³-hybridized carbons (Fsp3) is 0.588. The van der Waals surface area contributed by atoms with E-state index in [1.807, 2.05) is 19.2 Å². The Morgan fingerprint density at radius 1 is 1.38 bits per heavy atom. The average Bonchev–Trinajstić information content (AvgIpc) is 2.48. The first-order chi connectivity index (χ1) is 10.2. The predicted molar refractivity (Wildman–Crippen MR) is 87.5 cm³/mol. The van der Waals surface area contributed by atoms with E-state index < -0.39 is 0 Å². The van der Waals surface area contributed by atoms with Crippen LogP contribution in [0, 0.1) is 5.92 Å². The normalized spacial score (nSPS) is 18.7. The quantitative estimate of drug-likeness (QED) is 0.843. The van der Waals surface area contributed by atoms with Crippen LogP contribution >= 0.6 is 0 Å². The maximum atomic E-state index is 12.1. The fourth-order valence-electron chi connectivity index (χ4n) is 2.85. The summed E-state index contributed by atoms with van der Waals surface area (Å²) >= 11 is 0. The largest absolute Gasteiger partial charge is 0.325 e. The summed E-state index contributed by atoms with van der Waals surface area (Å²) in [6.07, 6.45) is 3.53. The number of anilines is 1. The van der Waals surface area contributed by atoms with E-state index in [2.05, 4.69) is 34.6 Å².